The molecule has 0 amide bonds. The summed E-state index contributed by atoms with van der Waals surface area (Å²) in [5.74, 6) is 0.297. The smallest absolute Gasteiger partial charge is 0.164 e. The van der Waals surface area contributed by atoms with Crippen LogP contribution in [0.25, 0.3) is 0 Å². The molecule has 1 spiro atoms. The van der Waals surface area contributed by atoms with Crippen molar-refractivity contribution in [3.8, 4) is 0 Å². The van der Waals surface area contributed by atoms with E-state index in [1.165, 1.54) is 6.42 Å². The fraction of sp³-hybridized carbons (Fsp3) is 0.909. The maximum Gasteiger partial charge on any atom is 0.164 e. The van der Waals surface area contributed by atoms with Crippen LogP contribution in [0.2, 0.25) is 0 Å². The van der Waals surface area contributed by atoms with Gasteiger partial charge in [-0.15, -0.1) is 0 Å². The zero-order valence-electron chi connectivity index (χ0n) is 8.75. The van der Waals surface area contributed by atoms with Crippen LogP contribution >= 0.6 is 0 Å². The number of hydrogen-bond acceptors (Lipinski definition) is 3. The van der Waals surface area contributed by atoms with Gasteiger partial charge in [-0.2, -0.15) is 0 Å². The SMILES string of the molecule is COC1CCC(=O)C2(CCCCC2)O1. The molecular weight excluding hydrogens is 180 g/mol. The summed E-state index contributed by atoms with van der Waals surface area (Å²) in [7, 11) is 1.65. The van der Waals surface area contributed by atoms with E-state index in [1.54, 1.807) is 7.11 Å². The second kappa shape index (κ2) is 3.99. The second-order valence-corrected chi connectivity index (χ2v) is 4.30. The molecule has 1 aliphatic heterocycles. The van der Waals surface area contributed by atoms with Gasteiger partial charge in [-0.25, -0.2) is 0 Å². The van der Waals surface area contributed by atoms with Crippen molar-refractivity contribution in [3.63, 3.8) is 0 Å². The summed E-state index contributed by atoms with van der Waals surface area (Å²) in [5, 5.41) is 0. The Morgan fingerprint density at radius 3 is 2.71 bits per heavy atom. The number of Topliss-reactive ketones (excluding diaryl/α,β-unsaturated/α-hetero) is 1. The van der Waals surface area contributed by atoms with Crippen molar-refractivity contribution >= 4 is 5.78 Å². The Labute approximate surface area is 84.8 Å². The third kappa shape index (κ3) is 1.71. The van der Waals surface area contributed by atoms with Gasteiger partial charge in [0.05, 0.1) is 0 Å². The summed E-state index contributed by atoms with van der Waals surface area (Å²) < 4.78 is 11.0. The standard InChI is InChI=1S/C11H18O3/c1-13-10-6-5-9(12)11(14-10)7-3-2-4-8-11/h10H,2-8H2,1H3. The van der Waals surface area contributed by atoms with Crippen LogP contribution in [-0.2, 0) is 14.3 Å². The average molecular weight is 198 g/mol. The van der Waals surface area contributed by atoms with Crippen molar-refractivity contribution in [2.24, 2.45) is 0 Å². The van der Waals surface area contributed by atoms with E-state index in [1.807, 2.05) is 0 Å². The normalized spacial score (nSPS) is 32.1. The first-order valence-corrected chi connectivity index (χ1v) is 5.51. The fourth-order valence-electron chi connectivity index (χ4n) is 2.54. The molecular formula is C11H18O3. The predicted molar refractivity (Wildman–Crippen MR) is 51.9 cm³/mol. The minimum atomic E-state index is -0.475. The molecule has 1 aliphatic carbocycles. The number of ether oxygens (including phenoxy) is 2. The fourth-order valence-corrected chi connectivity index (χ4v) is 2.54. The minimum Gasteiger partial charge on any atom is -0.356 e. The Balaban J connectivity index is 2.09. The zero-order valence-corrected chi connectivity index (χ0v) is 8.75. The van der Waals surface area contributed by atoms with Crippen LogP contribution in [-0.4, -0.2) is 24.8 Å². The Bertz CT molecular complexity index is 219. The largest absolute Gasteiger partial charge is 0.356 e. The van der Waals surface area contributed by atoms with Crippen LogP contribution in [0.1, 0.15) is 44.9 Å². The van der Waals surface area contributed by atoms with Crippen molar-refractivity contribution in [2.75, 3.05) is 7.11 Å². The molecule has 1 saturated carbocycles. The van der Waals surface area contributed by atoms with Crippen LogP contribution < -0.4 is 0 Å². The van der Waals surface area contributed by atoms with E-state index in [9.17, 15) is 4.79 Å². The predicted octanol–water partition coefficient (Wildman–Crippen LogP) is 2.04. The number of carbonyl (C=O) groups is 1. The molecule has 0 N–H and O–H groups in total. The number of methoxy groups -OCH3 is 1. The Morgan fingerprint density at radius 2 is 2.07 bits per heavy atom. The molecule has 0 bridgehead atoms. The number of carbonyl (C=O) groups excluding carboxylic acids is 1. The molecule has 2 fully saturated rings. The van der Waals surface area contributed by atoms with Gasteiger partial charge in [0.25, 0.3) is 0 Å². The summed E-state index contributed by atoms with van der Waals surface area (Å²) in [6, 6.07) is 0. The van der Waals surface area contributed by atoms with Gasteiger partial charge < -0.3 is 9.47 Å². The van der Waals surface area contributed by atoms with Crippen LogP contribution in [0.4, 0.5) is 0 Å². The number of hydrogen-bond donors (Lipinski definition) is 0. The number of rotatable bonds is 1. The van der Waals surface area contributed by atoms with E-state index >= 15 is 0 Å². The molecule has 3 nitrogen and oxygen atoms in total. The van der Waals surface area contributed by atoms with E-state index < -0.39 is 5.60 Å². The Kier molecular flexibility index (Phi) is 2.88. The summed E-state index contributed by atoms with van der Waals surface area (Å²) in [6.07, 6.45) is 6.43. The third-order valence-electron chi connectivity index (χ3n) is 3.40. The molecule has 0 aromatic rings. The minimum absolute atomic E-state index is 0.161. The van der Waals surface area contributed by atoms with Gasteiger partial charge >= 0.3 is 0 Å². The maximum absolute atomic E-state index is 11.9. The number of ketones is 1. The van der Waals surface area contributed by atoms with Gasteiger partial charge in [0.2, 0.25) is 0 Å². The maximum atomic E-state index is 11.9. The van der Waals surface area contributed by atoms with Crippen molar-refractivity contribution < 1.29 is 14.3 Å². The topological polar surface area (TPSA) is 35.5 Å². The highest BCUT2D eigenvalue weighted by atomic mass is 16.7. The quantitative estimate of drug-likeness (QED) is 0.646. The monoisotopic (exact) mass is 198 g/mol. The van der Waals surface area contributed by atoms with Crippen molar-refractivity contribution in [1.29, 1.82) is 0 Å². The third-order valence-corrected chi connectivity index (χ3v) is 3.40. The van der Waals surface area contributed by atoms with E-state index in [0.717, 1.165) is 32.1 Å². The van der Waals surface area contributed by atoms with Gasteiger partial charge in [-0.3, -0.25) is 4.79 Å². The van der Waals surface area contributed by atoms with Crippen molar-refractivity contribution in [2.45, 2.75) is 56.8 Å². The molecule has 0 radical (unpaired) electrons. The lowest BCUT2D eigenvalue weighted by molar-refractivity contribution is -0.226. The lowest BCUT2D eigenvalue weighted by Crippen LogP contribution is -2.50. The van der Waals surface area contributed by atoms with E-state index in [0.29, 0.717) is 12.2 Å². The molecule has 0 aromatic heterocycles. The summed E-state index contributed by atoms with van der Waals surface area (Å²) >= 11 is 0. The van der Waals surface area contributed by atoms with Crippen molar-refractivity contribution in [3.05, 3.63) is 0 Å². The molecule has 14 heavy (non-hydrogen) atoms. The molecule has 2 rings (SSSR count). The average Bonchev–Trinajstić information content (AvgIpc) is 2.24. The van der Waals surface area contributed by atoms with Gasteiger partial charge in [-0.1, -0.05) is 19.3 Å². The highest BCUT2D eigenvalue weighted by Crippen LogP contribution is 2.38. The summed E-state index contributed by atoms with van der Waals surface area (Å²) in [5.41, 5.74) is -0.475. The Hall–Kier alpha value is -0.410. The molecule has 1 unspecified atom stereocenters. The van der Waals surface area contributed by atoms with Gasteiger partial charge in [0.1, 0.15) is 5.60 Å². The highest BCUT2D eigenvalue weighted by molar-refractivity contribution is 5.88. The summed E-state index contributed by atoms with van der Waals surface area (Å²) in [6.45, 7) is 0. The molecule has 1 heterocycles. The first-order valence-electron chi connectivity index (χ1n) is 5.51. The lowest BCUT2D eigenvalue weighted by atomic mass is 9.78. The molecule has 0 aromatic carbocycles. The van der Waals surface area contributed by atoms with Crippen LogP contribution in [0.3, 0.4) is 0 Å². The van der Waals surface area contributed by atoms with Crippen molar-refractivity contribution in [1.82, 2.24) is 0 Å². The first kappa shape index (κ1) is 10.1. The molecule has 1 saturated heterocycles. The van der Waals surface area contributed by atoms with E-state index in [-0.39, 0.29) is 6.29 Å². The van der Waals surface area contributed by atoms with Crippen LogP contribution in [0, 0.1) is 0 Å². The zero-order chi connectivity index (χ0) is 10.0. The van der Waals surface area contributed by atoms with Crippen LogP contribution in [0.15, 0.2) is 0 Å². The summed E-state index contributed by atoms with van der Waals surface area (Å²) in [4.78, 5) is 11.9. The van der Waals surface area contributed by atoms with Gasteiger partial charge in [-0.05, 0) is 12.8 Å². The van der Waals surface area contributed by atoms with Crippen LogP contribution in [0.5, 0.6) is 0 Å². The molecule has 2 aliphatic rings. The van der Waals surface area contributed by atoms with E-state index in [2.05, 4.69) is 0 Å². The van der Waals surface area contributed by atoms with Gasteiger partial charge in [0, 0.05) is 20.0 Å². The van der Waals surface area contributed by atoms with E-state index in [4.69, 9.17) is 9.47 Å². The Morgan fingerprint density at radius 1 is 1.36 bits per heavy atom. The lowest BCUT2D eigenvalue weighted by Gasteiger charge is -2.41. The second-order valence-electron chi connectivity index (χ2n) is 4.30. The highest BCUT2D eigenvalue weighted by Gasteiger charge is 2.44. The first-order chi connectivity index (χ1) is 6.77. The molecule has 1 atom stereocenters. The molecule has 80 valence electrons. The molecule has 3 heteroatoms. The van der Waals surface area contributed by atoms with Gasteiger partial charge in [0.15, 0.2) is 12.1 Å².